The number of nitro benzene ring substituents is 1. The van der Waals surface area contributed by atoms with Gasteiger partial charge in [-0.2, -0.15) is 0 Å². The number of nitro groups is 1. The molecule has 0 saturated carbocycles. The predicted molar refractivity (Wildman–Crippen MR) is 82.5 cm³/mol. The molecule has 0 N–H and O–H groups in total. The lowest BCUT2D eigenvalue weighted by Gasteiger charge is -2.34. The van der Waals surface area contributed by atoms with Gasteiger partial charge in [0.25, 0.3) is 0 Å². The summed E-state index contributed by atoms with van der Waals surface area (Å²) >= 11 is 0. The van der Waals surface area contributed by atoms with E-state index in [9.17, 15) is 10.1 Å². The minimum Gasteiger partial charge on any atom is -0.372 e. The van der Waals surface area contributed by atoms with Gasteiger partial charge in [-0.15, -0.1) is 0 Å². The summed E-state index contributed by atoms with van der Waals surface area (Å²) in [6.45, 7) is 3.54. The molecule has 1 aromatic heterocycles. The number of piperazine rings is 1. The van der Waals surface area contributed by atoms with Gasteiger partial charge in [0, 0.05) is 40.3 Å². The van der Waals surface area contributed by atoms with Gasteiger partial charge in [-0.1, -0.05) is 0 Å². The van der Waals surface area contributed by atoms with Crippen LogP contribution in [0.4, 0.5) is 17.1 Å². The van der Waals surface area contributed by atoms with E-state index in [2.05, 4.69) is 27.2 Å². The van der Waals surface area contributed by atoms with Crippen LogP contribution in [0, 0.1) is 10.1 Å². The van der Waals surface area contributed by atoms with Crippen molar-refractivity contribution in [2.24, 2.45) is 0 Å². The number of aromatic nitrogens is 2. The Balaban J connectivity index is 2.17. The summed E-state index contributed by atoms with van der Waals surface area (Å²) in [4.78, 5) is 17.1. The highest BCUT2D eigenvalue weighted by Crippen LogP contribution is 2.39. The zero-order valence-electron chi connectivity index (χ0n) is 12.8. The Morgan fingerprint density at radius 3 is 2.45 bits per heavy atom. The van der Waals surface area contributed by atoms with Crippen molar-refractivity contribution in [3.8, 4) is 0 Å². The Morgan fingerprint density at radius 2 is 1.86 bits per heavy atom. The third-order valence-electron chi connectivity index (χ3n) is 3.98. The molecule has 1 aliphatic heterocycles. The molecule has 3 rings (SSSR count). The number of likely N-dealkylation sites (N-methyl/N-ethyl adjacent to an activating group) is 1. The molecule has 0 unspecified atom stereocenters. The van der Waals surface area contributed by atoms with Crippen molar-refractivity contribution in [3.05, 3.63) is 16.2 Å². The zero-order chi connectivity index (χ0) is 15.9. The van der Waals surface area contributed by atoms with E-state index >= 15 is 0 Å². The minimum atomic E-state index is -0.435. The van der Waals surface area contributed by atoms with Crippen LogP contribution in [-0.4, -0.2) is 67.5 Å². The van der Waals surface area contributed by atoms with E-state index in [1.54, 1.807) is 25.1 Å². The van der Waals surface area contributed by atoms with Crippen molar-refractivity contribution in [1.29, 1.82) is 0 Å². The molecule has 1 aromatic carbocycles. The summed E-state index contributed by atoms with van der Waals surface area (Å²) in [6.07, 6.45) is 0. The number of anilines is 2. The van der Waals surface area contributed by atoms with E-state index in [0.717, 1.165) is 31.9 Å². The van der Waals surface area contributed by atoms with Crippen LogP contribution in [0.25, 0.3) is 11.0 Å². The topological polar surface area (TPSA) is 91.8 Å². The molecule has 2 heterocycles. The average molecular weight is 306 g/mol. The number of nitrogens with zero attached hydrogens (tertiary/aromatic N) is 6. The summed E-state index contributed by atoms with van der Waals surface area (Å²) < 4.78 is 4.78. The van der Waals surface area contributed by atoms with Gasteiger partial charge in [0.2, 0.25) is 5.52 Å². The fourth-order valence-electron chi connectivity index (χ4n) is 2.71. The molecule has 1 saturated heterocycles. The second-order valence-corrected chi connectivity index (χ2v) is 5.67. The van der Waals surface area contributed by atoms with E-state index in [1.807, 2.05) is 0 Å². The fourth-order valence-corrected chi connectivity index (χ4v) is 2.71. The highest BCUT2D eigenvalue weighted by atomic mass is 16.6. The molecule has 0 aliphatic carbocycles. The highest BCUT2D eigenvalue weighted by Gasteiger charge is 2.29. The summed E-state index contributed by atoms with van der Waals surface area (Å²) in [6, 6.07) is 1.80. The van der Waals surface area contributed by atoms with Crippen molar-refractivity contribution >= 4 is 28.1 Å². The molecule has 0 bridgehead atoms. The van der Waals surface area contributed by atoms with Crippen molar-refractivity contribution in [3.63, 3.8) is 0 Å². The van der Waals surface area contributed by atoms with E-state index in [0.29, 0.717) is 11.2 Å². The van der Waals surface area contributed by atoms with Crippen LogP contribution in [0.5, 0.6) is 0 Å². The summed E-state index contributed by atoms with van der Waals surface area (Å²) in [5.74, 6) is 0. The Bertz CT molecular complexity index is 705. The smallest absolute Gasteiger partial charge is 0.323 e. The Kier molecular flexibility index (Phi) is 3.57. The molecular weight excluding hydrogens is 288 g/mol. The van der Waals surface area contributed by atoms with Gasteiger partial charge in [0.15, 0.2) is 5.52 Å². The molecule has 2 aromatic rings. The van der Waals surface area contributed by atoms with E-state index in [4.69, 9.17) is 4.63 Å². The maximum atomic E-state index is 11.4. The maximum absolute atomic E-state index is 11.4. The van der Waals surface area contributed by atoms with E-state index in [-0.39, 0.29) is 11.2 Å². The first kappa shape index (κ1) is 14.5. The lowest BCUT2D eigenvalue weighted by molar-refractivity contribution is -0.382. The monoisotopic (exact) mass is 306 g/mol. The lowest BCUT2D eigenvalue weighted by Crippen LogP contribution is -2.44. The summed E-state index contributed by atoms with van der Waals surface area (Å²) in [5.41, 5.74) is 1.91. The predicted octanol–water partition coefficient (Wildman–Crippen LogP) is 0.949. The van der Waals surface area contributed by atoms with Crippen LogP contribution in [-0.2, 0) is 0 Å². The maximum Gasteiger partial charge on any atom is 0.323 e. The third-order valence-corrected chi connectivity index (χ3v) is 3.98. The molecule has 1 fully saturated rings. The second-order valence-electron chi connectivity index (χ2n) is 5.67. The largest absolute Gasteiger partial charge is 0.372 e. The molecule has 9 heteroatoms. The normalized spacial score (nSPS) is 16.2. The quantitative estimate of drug-likeness (QED) is 0.611. The molecule has 9 nitrogen and oxygen atoms in total. The Labute approximate surface area is 127 Å². The minimum absolute atomic E-state index is 0.0703. The summed E-state index contributed by atoms with van der Waals surface area (Å²) in [5, 5.41) is 19.1. The first-order valence-electron chi connectivity index (χ1n) is 7.03. The van der Waals surface area contributed by atoms with Crippen LogP contribution < -0.4 is 9.80 Å². The van der Waals surface area contributed by atoms with Gasteiger partial charge in [-0.3, -0.25) is 10.1 Å². The molecule has 0 amide bonds. The number of hydrogen-bond acceptors (Lipinski definition) is 8. The first-order chi connectivity index (χ1) is 10.5. The highest BCUT2D eigenvalue weighted by molar-refractivity contribution is 6.00. The van der Waals surface area contributed by atoms with Crippen LogP contribution >= 0.6 is 0 Å². The zero-order valence-corrected chi connectivity index (χ0v) is 12.8. The number of rotatable bonds is 3. The number of benzene rings is 1. The van der Waals surface area contributed by atoms with Crippen LogP contribution in [0.2, 0.25) is 0 Å². The van der Waals surface area contributed by atoms with Gasteiger partial charge in [-0.05, 0) is 23.4 Å². The van der Waals surface area contributed by atoms with Crippen LogP contribution in [0.3, 0.4) is 0 Å². The SMILES string of the molecule is CN1CCN(c2cc(N(C)C)c([N+](=O)[O-])c3nonc23)CC1. The van der Waals surface area contributed by atoms with Crippen LogP contribution in [0.1, 0.15) is 0 Å². The average Bonchev–Trinajstić information content (AvgIpc) is 2.95. The molecule has 1 aliphatic rings. The fraction of sp³-hybridized carbons (Fsp3) is 0.538. The Morgan fingerprint density at radius 1 is 1.23 bits per heavy atom. The molecular formula is C13H18N6O3. The van der Waals surface area contributed by atoms with Gasteiger partial charge in [-0.25, -0.2) is 4.63 Å². The Hall–Kier alpha value is -2.42. The first-order valence-corrected chi connectivity index (χ1v) is 7.03. The van der Waals surface area contributed by atoms with Crippen molar-refractivity contribution in [2.45, 2.75) is 0 Å². The molecule has 22 heavy (non-hydrogen) atoms. The molecule has 0 atom stereocenters. The number of fused-ring (bicyclic) bond motifs is 1. The van der Waals surface area contributed by atoms with Gasteiger partial charge >= 0.3 is 5.69 Å². The van der Waals surface area contributed by atoms with Crippen molar-refractivity contribution in [1.82, 2.24) is 15.2 Å². The standard InChI is InChI=1S/C13H18N6O3/c1-16(2)10-8-9(18-6-4-17(3)5-7-18)11-12(15-22-14-11)13(10)19(20)21/h8H,4-7H2,1-3H3. The van der Waals surface area contributed by atoms with E-state index < -0.39 is 4.92 Å². The number of hydrogen-bond donors (Lipinski definition) is 0. The van der Waals surface area contributed by atoms with Crippen molar-refractivity contribution < 1.29 is 9.55 Å². The van der Waals surface area contributed by atoms with Gasteiger partial charge in [0.1, 0.15) is 5.69 Å². The second kappa shape index (κ2) is 5.41. The molecule has 118 valence electrons. The summed E-state index contributed by atoms with van der Waals surface area (Å²) in [7, 11) is 5.62. The lowest BCUT2D eigenvalue weighted by atomic mass is 10.1. The molecule has 0 radical (unpaired) electrons. The van der Waals surface area contributed by atoms with Gasteiger partial charge < -0.3 is 14.7 Å². The van der Waals surface area contributed by atoms with Crippen molar-refractivity contribution in [2.75, 3.05) is 57.1 Å². The molecule has 0 spiro atoms. The van der Waals surface area contributed by atoms with Gasteiger partial charge in [0.05, 0.1) is 10.6 Å². The third kappa shape index (κ3) is 2.33. The van der Waals surface area contributed by atoms with Crippen LogP contribution in [0.15, 0.2) is 10.7 Å². The van der Waals surface area contributed by atoms with E-state index in [1.165, 1.54) is 0 Å².